The average Bonchev–Trinajstić information content (AvgIpc) is 3.10. The molecule has 0 atom stereocenters. The van der Waals surface area contributed by atoms with Crippen LogP contribution in [-0.2, 0) is 9.59 Å². The van der Waals surface area contributed by atoms with Crippen molar-refractivity contribution in [2.45, 2.75) is 6.92 Å². The van der Waals surface area contributed by atoms with Crippen LogP contribution in [0, 0.1) is 6.92 Å². The fourth-order valence-electron chi connectivity index (χ4n) is 1.75. The highest BCUT2D eigenvalue weighted by atomic mass is 32.1. The maximum Gasteiger partial charge on any atom is 0.276 e. The topological polar surface area (TPSA) is 79.5 Å². The zero-order valence-corrected chi connectivity index (χ0v) is 15.1. The number of benzene rings is 1. The molecule has 0 aliphatic rings. The van der Waals surface area contributed by atoms with Gasteiger partial charge in [0.05, 0.1) is 0 Å². The molecular weight excluding hydrogens is 358 g/mol. The van der Waals surface area contributed by atoms with E-state index in [1.165, 1.54) is 17.4 Å². The van der Waals surface area contributed by atoms with E-state index in [4.69, 9.17) is 17.0 Å². The van der Waals surface area contributed by atoms with Crippen LogP contribution in [0.1, 0.15) is 10.4 Å². The van der Waals surface area contributed by atoms with Gasteiger partial charge in [-0.05, 0) is 54.4 Å². The quantitative estimate of drug-likeness (QED) is 0.424. The smallest absolute Gasteiger partial charge is 0.276 e. The molecule has 8 heteroatoms. The second-order valence-electron chi connectivity index (χ2n) is 4.95. The standard InChI is InChI=1S/C17H17N3O3S2/c1-12-4-2-5-13(10-12)23-11-16(22)19-20-17(24)18-15(21)8-7-14-6-3-9-25-14/h2-10H,11H2,1H3,(H,19,22)(H2,18,20,21,24). The summed E-state index contributed by atoms with van der Waals surface area (Å²) in [6.07, 6.45) is 3.04. The summed E-state index contributed by atoms with van der Waals surface area (Å²) in [6, 6.07) is 11.1. The molecule has 3 N–H and O–H groups in total. The first-order valence-corrected chi connectivity index (χ1v) is 8.62. The number of hydrogen-bond donors (Lipinski definition) is 3. The number of hydrazine groups is 1. The number of amides is 2. The number of thiophene rings is 1. The van der Waals surface area contributed by atoms with Gasteiger partial charge in [0, 0.05) is 11.0 Å². The number of ether oxygens (including phenoxy) is 1. The van der Waals surface area contributed by atoms with E-state index in [1.807, 2.05) is 42.6 Å². The van der Waals surface area contributed by atoms with E-state index in [0.29, 0.717) is 5.75 Å². The minimum Gasteiger partial charge on any atom is -0.484 e. The van der Waals surface area contributed by atoms with Crippen molar-refractivity contribution >= 4 is 46.6 Å². The lowest BCUT2D eigenvalue weighted by atomic mass is 10.2. The Morgan fingerprint density at radius 1 is 1.24 bits per heavy atom. The molecule has 0 aliphatic heterocycles. The molecule has 130 valence electrons. The third kappa shape index (κ3) is 7.15. The molecule has 0 spiro atoms. The molecule has 1 heterocycles. The van der Waals surface area contributed by atoms with Gasteiger partial charge >= 0.3 is 0 Å². The largest absolute Gasteiger partial charge is 0.484 e. The van der Waals surface area contributed by atoms with Crippen molar-refractivity contribution < 1.29 is 14.3 Å². The van der Waals surface area contributed by atoms with Crippen LogP contribution in [-0.4, -0.2) is 23.5 Å². The van der Waals surface area contributed by atoms with E-state index in [9.17, 15) is 9.59 Å². The van der Waals surface area contributed by atoms with Crippen molar-refractivity contribution in [2.24, 2.45) is 0 Å². The molecular formula is C17H17N3O3S2. The van der Waals surface area contributed by atoms with E-state index in [-0.39, 0.29) is 11.7 Å². The molecule has 0 bridgehead atoms. The lowest BCUT2D eigenvalue weighted by Gasteiger charge is -2.10. The fourth-order valence-corrected chi connectivity index (χ4v) is 2.51. The summed E-state index contributed by atoms with van der Waals surface area (Å²) >= 11 is 6.44. The molecule has 1 aromatic carbocycles. The van der Waals surface area contributed by atoms with Crippen LogP contribution in [0.3, 0.4) is 0 Å². The summed E-state index contributed by atoms with van der Waals surface area (Å²) in [5.41, 5.74) is 5.83. The van der Waals surface area contributed by atoms with Gasteiger partial charge in [0.2, 0.25) is 5.91 Å². The molecule has 1 aromatic heterocycles. The Bertz CT molecular complexity index is 773. The number of carbonyl (C=O) groups is 2. The van der Waals surface area contributed by atoms with Crippen LogP contribution in [0.2, 0.25) is 0 Å². The van der Waals surface area contributed by atoms with Crippen molar-refractivity contribution in [1.29, 1.82) is 0 Å². The molecule has 0 saturated heterocycles. The zero-order valence-electron chi connectivity index (χ0n) is 13.4. The summed E-state index contributed by atoms with van der Waals surface area (Å²) < 4.78 is 5.35. The summed E-state index contributed by atoms with van der Waals surface area (Å²) in [5.74, 6) is -0.215. The monoisotopic (exact) mass is 375 g/mol. The van der Waals surface area contributed by atoms with Crippen LogP contribution >= 0.6 is 23.6 Å². The highest BCUT2D eigenvalue weighted by Gasteiger charge is 2.05. The Kier molecular flexibility index (Phi) is 7.12. The molecule has 6 nitrogen and oxygen atoms in total. The minimum atomic E-state index is -0.424. The second kappa shape index (κ2) is 9.55. The van der Waals surface area contributed by atoms with Crippen molar-refractivity contribution in [2.75, 3.05) is 6.61 Å². The minimum absolute atomic E-state index is 0.00950. The van der Waals surface area contributed by atoms with Crippen molar-refractivity contribution in [3.63, 3.8) is 0 Å². The van der Waals surface area contributed by atoms with Gasteiger partial charge < -0.3 is 4.74 Å². The predicted octanol–water partition coefficient (Wildman–Crippen LogP) is 2.17. The summed E-state index contributed by atoms with van der Waals surface area (Å²) in [5, 5.41) is 4.33. The molecule has 0 saturated carbocycles. The molecule has 2 amide bonds. The highest BCUT2D eigenvalue weighted by molar-refractivity contribution is 7.80. The lowest BCUT2D eigenvalue weighted by molar-refractivity contribution is -0.123. The van der Waals surface area contributed by atoms with Gasteiger partial charge in [0.15, 0.2) is 11.7 Å². The third-order valence-corrected chi connectivity index (χ3v) is 3.90. The SMILES string of the molecule is Cc1cccc(OCC(=O)NNC(=S)NC(=O)C=Cc2cccs2)c1. The van der Waals surface area contributed by atoms with Crippen LogP contribution in [0.15, 0.2) is 47.9 Å². The van der Waals surface area contributed by atoms with Crippen molar-refractivity contribution in [3.05, 3.63) is 58.3 Å². The Morgan fingerprint density at radius 3 is 2.80 bits per heavy atom. The Morgan fingerprint density at radius 2 is 2.08 bits per heavy atom. The molecule has 0 aliphatic carbocycles. The Labute approximate surface area is 154 Å². The normalized spacial score (nSPS) is 10.3. The van der Waals surface area contributed by atoms with Crippen LogP contribution < -0.4 is 20.9 Å². The van der Waals surface area contributed by atoms with E-state index in [1.54, 1.807) is 12.1 Å². The van der Waals surface area contributed by atoms with Gasteiger partial charge in [-0.2, -0.15) is 0 Å². The first-order valence-electron chi connectivity index (χ1n) is 7.34. The summed E-state index contributed by atoms with van der Waals surface area (Å²) in [7, 11) is 0. The van der Waals surface area contributed by atoms with Crippen LogP contribution in [0.4, 0.5) is 0 Å². The average molecular weight is 375 g/mol. The summed E-state index contributed by atoms with van der Waals surface area (Å²) in [4.78, 5) is 24.3. The second-order valence-corrected chi connectivity index (χ2v) is 6.33. The van der Waals surface area contributed by atoms with E-state index < -0.39 is 11.8 Å². The maximum atomic E-state index is 11.7. The lowest BCUT2D eigenvalue weighted by Crippen LogP contribution is -2.49. The maximum absolute atomic E-state index is 11.7. The van der Waals surface area contributed by atoms with Gasteiger partial charge in [-0.3, -0.25) is 25.8 Å². The number of rotatable bonds is 5. The van der Waals surface area contributed by atoms with Gasteiger partial charge in [-0.15, -0.1) is 11.3 Å². The van der Waals surface area contributed by atoms with Gasteiger partial charge in [0.1, 0.15) is 5.75 Å². The van der Waals surface area contributed by atoms with Gasteiger partial charge in [0.25, 0.3) is 5.91 Å². The van der Waals surface area contributed by atoms with Gasteiger partial charge in [-0.25, -0.2) is 0 Å². The van der Waals surface area contributed by atoms with Gasteiger partial charge in [-0.1, -0.05) is 18.2 Å². The van der Waals surface area contributed by atoms with Crippen molar-refractivity contribution in [1.82, 2.24) is 16.2 Å². The number of thiocarbonyl (C=S) groups is 1. The number of aryl methyl sites for hydroxylation is 1. The highest BCUT2D eigenvalue weighted by Crippen LogP contribution is 2.12. The number of carbonyl (C=O) groups excluding carboxylic acids is 2. The first-order chi connectivity index (χ1) is 12.0. The number of hydrogen-bond acceptors (Lipinski definition) is 5. The molecule has 0 radical (unpaired) electrons. The Balaban J connectivity index is 1.66. The fraction of sp³-hybridized carbons (Fsp3) is 0.118. The van der Waals surface area contributed by atoms with Crippen LogP contribution in [0.5, 0.6) is 5.75 Å². The molecule has 2 rings (SSSR count). The third-order valence-electron chi connectivity index (χ3n) is 2.85. The summed E-state index contributed by atoms with van der Waals surface area (Å²) in [6.45, 7) is 1.76. The number of nitrogens with one attached hydrogen (secondary N) is 3. The van der Waals surface area contributed by atoms with Crippen molar-refractivity contribution in [3.8, 4) is 5.75 Å². The predicted molar refractivity (Wildman–Crippen MR) is 102 cm³/mol. The van der Waals surface area contributed by atoms with E-state index in [2.05, 4.69) is 16.2 Å². The zero-order chi connectivity index (χ0) is 18.1. The molecule has 0 fully saturated rings. The molecule has 0 unspecified atom stereocenters. The first kappa shape index (κ1) is 18.6. The molecule has 25 heavy (non-hydrogen) atoms. The van der Waals surface area contributed by atoms with E-state index >= 15 is 0 Å². The van der Waals surface area contributed by atoms with Crippen LogP contribution in [0.25, 0.3) is 6.08 Å². The Hall–Kier alpha value is -2.71. The van der Waals surface area contributed by atoms with E-state index in [0.717, 1.165) is 10.4 Å². The molecule has 2 aromatic rings.